The Morgan fingerprint density at radius 2 is 2.00 bits per heavy atom. The molecule has 1 aliphatic rings. The second-order valence-corrected chi connectivity index (χ2v) is 3.24. The van der Waals surface area contributed by atoms with Gasteiger partial charge in [-0.15, -0.1) is 0 Å². The average Bonchev–Trinajstić information content (AvgIpc) is 3.00. The van der Waals surface area contributed by atoms with Gasteiger partial charge in [-0.25, -0.2) is 0 Å². The van der Waals surface area contributed by atoms with E-state index < -0.39 is 0 Å². The van der Waals surface area contributed by atoms with Crippen LogP contribution in [0.5, 0.6) is 0 Å². The van der Waals surface area contributed by atoms with Crippen LogP contribution < -0.4 is 5.73 Å². The van der Waals surface area contributed by atoms with Crippen molar-refractivity contribution in [2.75, 3.05) is 0 Å². The number of hydrogen-bond donors (Lipinski definition) is 1. The molecule has 0 aromatic heterocycles. The lowest BCUT2D eigenvalue weighted by atomic mass is 10.1. The Morgan fingerprint density at radius 3 is 2.50 bits per heavy atom. The monoisotopic (exact) mass is 187 g/mol. The molecule has 1 nitrogen and oxygen atoms in total. The second-order valence-electron chi connectivity index (χ2n) is 3.24. The lowest BCUT2D eigenvalue weighted by molar-refractivity contribution is 1.31. The number of allylic oxidation sites excluding steroid dienone is 7. The summed E-state index contributed by atoms with van der Waals surface area (Å²) in [7, 11) is 0. The highest BCUT2D eigenvalue weighted by Gasteiger charge is 2.16. The third-order valence-corrected chi connectivity index (χ3v) is 2.14. The second kappa shape index (κ2) is 5.28. The van der Waals surface area contributed by atoms with Crippen molar-refractivity contribution in [3.8, 4) is 0 Å². The molecular formula is C13H17N. The topological polar surface area (TPSA) is 26.0 Å². The van der Waals surface area contributed by atoms with Crippen LogP contribution in [0, 0.1) is 0 Å². The van der Waals surface area contributed by atoms with Crippen molar-refractivity contribution in [3.63, 3.8) is 0 Å². The maximum Gasteiger partial charge on any atom is 0.0376 e. The molecule has 0 atom stereocenters. The van der Waals surface area contributed by atoms with Gasteiger partial charge in [-0.05, 0) is 30.9 Å². The van der Waals surface area contributed by atoms with Crippen molar-refractivity contribution >= 4 is 0 Å². The first kappa shape index (κ1) is 10.6. The van der Waals surface area contributed by atoms with E-state index in [1.165, 1.54) is 18.4 Å². The average molecular weight is 187 g/mol. The van der Waals surface area contributed by atoms with E-state index in [1.54, 1.807) is 6.08 Å². The molecule has 1 aliphatic carbocycles. The molecule has 0 saturated heterocycles. The van der Waals surface area contributed by atoms with E-state index in [0.29, 0.717) is 0 Å². The van der Waals surface area contributed by atoms with Crippen molar-refractivity contribution in [1.29, 1.82) is 0 Å². The van der Waals surface area contributed by atoms with E-state index >= 15 is 0 Å². The first-order valence-corrected chi connectivity index (χ1v) is 4.89. The third-order valence-electron chi connectivity index (χ3n) is 2.14. The molecule has 14 heavy (non-hydrogen) atoms. The summed E-state index contributed by atoms with van der Waals surface area (Å²) in [5, 5.41) is 0. The Labute approximate surface area is 86.0 Å². The maximum atomic E-state index is 5.96. The zero-order valence-electron chi connectivity index (χ0n) is 8.66. The molecule has 0 radical (unpaired) electrons. The molecule has 1 saturated carbocycles. The Kier molecular flexibility index (Phi) is 3.99. The van der Waals surface area contributed by atoms with Gasteiger partial charge in [0, 0.05) is 5.70 Å². The van der Waals surface area contributed by atoms with E-state index in [9.17, 15) is 0 Å². The van der Waals surface area contributed by atoms with Gasteiger partial charge in [0.1, 0.15) is 0 Å². The smallest absolute Gasteiger partial charge is 0.0376 e. The zero-order valence-corrected chi connectivity index (χ0v) is 8.66. The SMILES string of the molecule is C=C/C=C/C=C\C(=C/C)C(N)=C1CC1. The van der Waals surface area contributed by atoms with Gasteiger partial charge in [-0.3, -0.25) is 0 Å². The van der Waals surface area contributed by atoms with Crippen molar-refractivity contribution in [3.05, 3.63) is 59.9 Å². The van der Waals surface area contributed by atoms with Crippen molar-refractivity contribution in [1.82, 2.24) is 0 Å². The molecule has 0 heterocycles. The summed E-state index contributed by atoms with van der Waals surface area (Å²) in [6, 6.07) is 0. The van der Waals surface area contributed by atoms with Crippen LogP contribution in [0.4, 0.5) is 0 Å². The Balaban J connectivity index is 2.65. The molecule has 1 fully saturated rings. The molecule has 74 valence electrons. The summed E-state index contributed by atoms with van der Waals surface area (Å²) >= 11 is 0. The van der Waals surface area contributed by atoms with Gasteiger partial charge in [0.2, 0.25) is 0 Å². The number of hydrogen-bond acceptors (Lipinski definition) is 1. The lowest BCUT2D eigenvalue weighted by Crippen LogP contribution is -1.98. The number of rotatable bonds is 4. The molecule has 0 aromatic carbocycles. The highest BCUT2D eigenvalue weighted by molar-refractivity contribution is 5.44. The van der Waals surface area contributed by atoms with Gasteiger partial charge in [0.05, 0.1) is 0 Å². The minimum absolute atomic E-state index is 0.954. The summed E-state index contributed by atoms with van der Waals surface area (Å²) < 4.78 is 0. The number of nitrogens with two attached hydrogens (primary N) is 1. The fourth-order valence-corrected chi connectivity index (χ4v) is 1.18. The van der Waals surface area contributed by atoms with E-state index in [2.05, 4.69) is 6.58 Å². The molecule has 0 aliphatic heterocycles. The largest absolute Gasteiger partial charge is 0.398 e. The molecular weight excluding hydrogens is 170 g/mol. The first-order valence-electron chi connectivity index (χ1n) is 4.89. The van der Waals surface area contributed by atoms with Crippen LogP contribution in [0.15, 0.2) is 59.9 Å². The summed E-state index contributed by atoms with van der Waals surface area (Å²) in [5.74, 6) is 0. The molecule has 0 amide bonds. The Hall–Kier alpha value is -1.50. The van der Waals surface area contributed by atoms with Gasteiger partial charge in [-0.2, -0.15) is 0 Å². The lowest BCUT2D eigenvalue weighted by Gasteiger charge is -1.99. The van der Waals surface area contributed by atoms with E-state index in [1.807, 2.05) is 37.3 Å². The Bertz CT molecular complexity index is 321. The zero-order chi connectivity index (χ0) is 10.4. The normalized spacial score (nSPS) is 16.6. The molecule has 2 N–H and O–H groups in total. The van der Waals surface area contributed by atoms with Crippen LogP contribution in [0.3, 0.4) is 0 Å². The van der Waals surface area contributed by atoms with Gasteiger partial charge >= 0.3 is 0 Å². The fourth-order valence-electron chi connectivity index (χ4n) is 1.18. The molecule has 0 spiro atoms. The van der Waals surface area contributed by atoms with Crippen LogP contribution in [0.25, 0.3) is 0 Å². The summed E-state index contributed by atoms with van der Waals surface area (Å²) in [5.41, 5.74) is 9.42. The first-order chi connectivity index (χ1) is 6.79. The molecule has 0 aromatic rings. The molecule has 0 bridgehead atoms. The molecule has 0 unspecified atom stereocenters. The molecule has 1 rings (SSSR count). The van der Waals surface area contributed by atoms with E-state index in [4.69, 9.17) is 5.73 Å². The summed E-state index contributed by atoms with van der Waals surface area (Å²) in [4.78, 5) is 0. The quantitative estimate of drug-likeness (QED) is 0.672. The molecule has 1 heteroatoms. The Morgan fingerprint density at radius 1 is 1.29 bits per heavy atom. The fraction of sp³-hybridized carbons (Fsp3) is 0.231. The van der Waals surface area contributed by atoms with Crippen LogP contribution in [-0.2, 0) is 0 Å². The van der Waals surface area contributed by atoms with Gasteiger partial charge in [0.15, 0.2) is 0 Å². The van der Waals surface area contributed by atoms with E-state index in [-0.39, 0.29) is 0 Å². The van der Waals surface area contributed by atoms with Gasteiger partial charge in [0.25, 0.3) is 0 Å². The van der Waals surface area contributed by atoms with Gasteiger partial charge in [-0.1, -0.05) is 43.0 Å². The maximum absolute atomic E-state index is 5.96. The van der Waals surface area contributed by atoms with Crippen molar-refractivity contribution in [2.45, 2.75) is 19.8 Å². The minimum atomic E-state index is 0.954. The van der Waals surface area contributed by atoms with Crippen molar-refractivity contribution in [2.24, 2.45) is 5.73 Å². The highest BCUT2D eigenvalue weighted by Crippen LogP contribution is 2.32. The standard InChI is InChI=1S/C13H17N/c1-3-5-6-7-8-11(4-2)13(14)12-9-10-12/h3-8H,1,9-10,14H2,2H3/b6-5+,8-7-,11-4+. The highest BCUT2D eigenvalue weighted by atomic mass is 14.6. The van der Waals surface area contributed by atoms with E-state index in [0.717, 1.165) is 11.3 Å². The third kappa shape index (κ3) is 3.09. The summed E-state index contributed by atoms with van der Waals surface area (Å²) in [6.45, 7) is 5.61. The van der Waals surface area contributed by atoms with Crippen LogP contribution >= 0.6 is 0 Å². The predicted octanol–water partition coefficient (Wildman–Crippen LogP) is 3.24. The van der Waals surface area contributed by atoms with Crippen molar-refractivity contribution < 1.29 is 0 Å². The predicted molar refractivity (Wildman–Crippen MR) is 62.7 cm³/mol. The van der Waals surface area contributed by atoms with Gasteiger partial charge < -0.3 is 5.73 Å². The minimum Gasteiger partial charge on any atom is -0.398 e. The van der Waals surface area contributed by atoms with Crippen LogP contribution in [0.2, 0.25) is 0 Å². The van der Waals surface area contributed by atoms with Crippen LogP contribution in [-0.4, -0.2) is 0 Å². The van der Waals surface area contributed by atoms with Crippen LogP contribution in [0.1, 0.15) is 19.8 Å². The summed E-state index contributed by atoms with van der Waals surface area (Å²) in [6.07, 6.45) is 14.0.